The van der Waals surface area contributed by atoms with Crippen LogP contribution in [0.25, 0.3) is 11.3 Å². The van der Waals surface area contributed by atoms with Crippen LogP contribution in [0.15, 0.2) is 45.9 Å². The third-order valence-corrected chi connectivity index (χ3v) is 4.37. The number of anilines is 1. The topological polar surface area (TPSA) is 83.4 Å². The Morgan fingerprint density at radius 1 is 1.29 bits per heavy atom. The fourth-order valence-electron chi connectivity index (χ4n) is 2.63. The first-order valence-corrected chi connectivity index (χ1v) is 9.01. The predicted octanol–water partition coefficient (Wildman–Crippen LogP) is 5.42. The third-order valence-electron chi connectivity index (χ3n) is 3.83. The van der Waals surface area contributed by atoms with Crippen LogP contribution in [0.2, 0.25) is 10.0 Å². The molecule has 0 fully saturated rings. The Morgan fingerprint density at radius 2 is 2.11 bits per heavy atom. The van der Waals surface area contributed by atoms with Crippen LogP contribution in [0, 0.1) is 18.3 Å². The first-order valence-electron chi connectivity index (χ1n) is 8.25. The summed E-state index contributed by atoms with van der Waals surface area (Å²) in [6.45, 7) is 2.15. The summed E-state index contributed by atoms with van der Waals surface area (Å²) in [4.78, 5) is 4.33. The molecule has 0 spiro atoms. The monoisotopic (exact) mass is 414 g/mol. The van der Waals surface area contributed by atoms with Gasteiger partial charge in [-0.15, -0.1) is 0 Å². The number of pyridine rings is 1. The van der Waals surface area contributed by atoms with Crippen molar-refractivity contribution in [1.29, 1.82) is 5.26 Å². The number of nitrogens with zero attached hydrogens (tertiary/aromatic N) is 3. The lowest BCUT2D eigenvalue weighted by Crippen LogP contribution is -2.03. The quantitative estimate of drug-likeness (QED) is 0.429. The highest BCUT2D eigenvalue weighted by molar-refractivity contribution is 6.36. The van der Waals surface area contributed by atoms with E-state index in [1.807, 2.05) is 13.0 Å². The molecule has 1 aromatic carbocycles. The minimum Gasteiger partial charge on any atom is -0.455 e. The number of rotatable bonds is 6. The maximum absolute atomic E-state index is 9.43. The van der Waals surface area contributed by atoms with Crippen LogP contribution < -0.4 is 5.43 Å². The fraction of sp³-hybridized carbons (Fsp3) is 0.150. The summed E-state index contributed by atoms with van der Waals surface area (Å²) in [7, 11) is 1.57. The number of benzene rings is 1. The molecule has 0 unspecified atom stereocenters. The number of hydrogen-bond donors (Lipinski definition) is 1. The molecule has 2 aromatic heterocycles. The molecule has 0 aliphatic heterocycles. The fourth-order valence-corrected chi connectivity index (χ4v) is 3.13. The van der Waals surface area contributed by atoms with Crippen molar-refractivity contribution in [1.82, 2.24) is 4.98 Å². The summed E-state index contributed by atoms with van der Waals surface area (Å²) >= 11 is 12.1. The molecule has 0 bridgehead atoms. The Bertz CT molecular complexity index is 1070. The Morgan fingerprint density at radius 3 is 2.82 bits per heavy atom. The van der Waals surface area contributed by atoms with Gasteiger partial charge in [0, 0.05) is 29.0 Å². The molecule has 0 radical (unpaired) electrons. The van der Waals surface area contributed by atoms with Gasteiger partial charge in [-0.05, 0) is 43.3 Å². The molecule has 0 aliphatic carbocycles. The smallest absolute Gasteiger partial charge is 0.164 e. The standard InChI is InChI=1S/C20H16Cl2N4O2/c1-12-7-13(11-27-2)17(9-23)20(25-12)26-24-10-15-4-6-19(28-15)16-5-3-14(21)8-18(16)22/h3-8,10H,11H2,1-2H3,(H,25,26)/b24-10+. The predicted molar refractivity (Wildman–Crippen MR) is 110 cm³/mol. The number of halogens is 2. The van der Waals surface area contributed by atoms with Crippen LogP contribution in [0.3, 0.4) is 0 Å². The Labute approximate surface area is 172 Å². The molecule has 0 saturated heterocycles. The zero-order chi connectivity index (χ0) is 20.1. The molecule has 28 heavy (non-hydrogen) atoms. The van der Waals surface area contributed by atoms with E-state index in [2.05, 4.69) is 21.6 Å². The Hall–Kier alpha value is -2.85. The first kappa shape index (κ1) is 19.9. The van der Waals surface area contributed by atoms with E-state index in [-0.39, 0.29) is 0 Å². The lowest BCUT2D eigenvalue weighted by atomic mass is 10.1. The summed E-state index contributed by atoms with van der Waals surface area (Å²) < 4.78 is 10.9. The largest absolute Gasteiger partial charge is 0.455 e. The second kappa shape index (κ2) is 8.89. The molecule has 1 N–H and O–H groups in total. The highest BCUT2D eigenvalue weighted by atomic mass is 35.5. The lowest BCUT2D eigenvalue weighted by Gasteiger charge is -2.08. The number of hydrogen-bond acceptors (Lipinski definition) is 6. The minimum atomic E-state index is 0.314. The van der Waals surface area contributed by atoms with Crippen molar-refractivity contribution in [3.63, 3.8) is 0 Å². The molecule has 6 nitrogen and oxygen atoms in total. The molecule has 3 rings (SSSR count). The van der Waals surface area contributed by atoms with Gasteiger partial charge in [-0.2, -0.15) is 10.4 Å². The van der Waals surface area contributed by atoms with Gasteiger partial charge in [-0.3, -0.25) is 5.43 Å². The molecular weight excluding hydrogens is 399 g/mol. The summed E-state index contributed by atoms with van der Waals surface area (Å²) in [5, 5.41) is 14.6. The third kappa shape index (κ3) is 4.52. The van der Waals surface area contributed by atoms with Crippen LogP contribution in [-0.2, 0) is 11.3 Å². The average molecular weight is 415 g/mol. The van der Waals surface area contributed by atoms with Gasteiger partial charge < -0.3 is 9.15 Å². The van der Waals surface area contributed by atoms with Crippen LogP contribution >= 0.6 is 23.2 Å². The number of ether oxygens (including phenoxy) is 1. The molecule has 8 heteroatoms. The van der Waals surface area contributed by atoms with Crippen molar-refractivity contribution in [3.8, 4) is 17.4 Å². The van der Waals surface area contributed by atoms with E-state index < -0.39 is 0 Å². The van der Waals surface area contributed by atoms with Gasteiger partial charge in [0.2, 0.25) is 0 Å². The van der Waals surface area contributed by atoms with Gasteiger partial charge in [0.15, 0.2) is 5.82 Å². The molecule has 0 aliphatic rings. The van der Waals surface area contributed by atoms with Gasteiger partial charge in [0.25, 0.3) is 0 Å². The van der Waals surface area contributed by atoms with Crippen molar-refractivity contribution >= 4 is 35.2 Å². The summed E-state index contributed by atoms with van der Waals surface area (Å²) in [5.74, 6) is 1.46. The summed E-state index contributed by atoms with van der Waals surface area (Å²) in [5.41, 5.74) is 5.41. The van der Waals surface area contributed by atoms with E-state index in [0.717, 1.165) is 16.8 Å². The van der Waals surface area contributed by atoms with Crippen molar-refractivity contribution in [2.75, 3.05) is 12.5 Å². The lowest BCUT2D eigenvalue weighted by molar-refractivity contribution is 0.184. The second-order valence-electron chi connectivity index (χ2n) is 5.89. The highest BCUT2D eigenvalue weighted by Crippen LogP contribution is 2.31. The number of furan rings is 1. The SMILES string of the molecule is COCc1cc(C)nc(N/N=C/c2ccc(-c3ccc(Cl)cc3Cl)o2)c1C#N. The zero-order valence-electron chi connectivity index (χ0n) is 15.2. The van der Waals surface area contributed by atoms with Crippen molar-refractivity contribution in [2.24, 2.45) is 5.10 Å². The molecule has 142 valence electrons. The maximum atomic E-state index is 9.43. The van der Waals surface area contributed by atoms with E-state index in [1.165, 1.54) is 6.21 Å². The molecular formula is C20H16Cl2N4O2. The van der Waals surface area contributed by atoms with E-state index in [1.54, 1.807) is 37.4 Å². The van der Waals surface area contributed by atoms with E-state index in [4.69, 9.17) is 32.4 Å². The highest BCUT2D eigenvalue weighted by Gasteiger charge is 2.11. The minimum absolute atomic E-state index is 0.314. The van der Waals surface area contributed by atoms with Gasteiger partial charge in [-0.1, -0.05) is 23.2 Å². The Kier molecular flexibility index (Phi) is 6.32. The molecule has 0 atom stereocenters. The van der Waals surface area contributed by atoms with Gasteiger partial charge >= 0.3 is 0 Å². The number of methoxy groups -OCH3 is 1. The first-order chi connectivity index (χ1) is 13.5. The molecule has 2 heterocycles. The molecule has 3 aromatic rings. The number of hydrazone groups is 1. The van der Waals surface area contributed by atoms with Crippen LogP contribution in [0.1, 0.15) is 22.6 Å². The number of nitrogens with one attached hydrogen (secondary N) is 1. The number of nitriles is 1. The van der Waals surface area contributed by atoms with Crippen molar-refractivity contribution in [3.05, 3.63) is 69.0 Å². The van der Waals surface area contributed by atoms with E-state index in [9.17, 15) is 5.26 Å². The maximum Gasteiger partial charge on any atom is 0.164 e. The number of aromatic nitrogens is 1. The van der Waals surface area contributed by atoms with E-state index >= 15 is 0 Å². The van der Waals surface area contributed by atoms with Crippen LogP contribution in [0.4, 0.5) is 5.82 Å². The van der Waals surface area contributed by atoms with Crippen molar-refractivity contribution < 1.29 is 9.15 Å². The number of aryl methyl sites for hydroxylation is 1. The van der Waals surface area contributed by atoms with Crippen LogP contribution in [-0.4, -0.2) is 18.3 Å². The second-order valence-corrected chi connectivity index (χ2v) is 6.73. The average Bonchev–Trinajstić information content (AvgIpc) is 3.10. The van der Waals surface area contributed by atoms with Gasteiger partial charge in [0.05, 0.1) is 17.8 Å². The van der Waals surface area contributed by atoms with Crippen molar-refractivity contribution in [2.45, 2.75) is 13.5 Å². The summed E-state index contributed by atoms with van der Waals surface area (Å²) in [6.07, 6.45) is 1.49. The molecule has 0 saturated carbocycles. The van der Waals surface area contributed by atoms with Crippen LogP contribution in [0.5, 0.6) is 0 Å². The normalized spacial score (nSPS) is 11.0. The summed E-state index contributed by atoms with van der Waals surface area (Å²) in [6, 6.07) is 12.7. The van der Waals surface area contributed by atoms with Gasteiger partial charge in [-0.25, -0.2) is 4.98 Å². The van der Waals surface area contributed by atoms with Gasteiger partial charge in [0.1, 0.15) is 23.2 Å². The zero-order valence-corrected chi connectivity index (χ0v) is 16.7. The molecule has 0 amide bonds. The van der Waals surface area contributed by atoms with E-state index in [0.29, 0.717) is 39.6 Å². The Balaban J connectivity index is 1.79.